The Morgan fingerprint density at radius 1 is 1.18 bits per heavy atom. The van der Waals surface area contributed by atoms with Gasteiger partial charge in [0.25, 0.3) is 5.91 Å². The van der Waals surface area contributed by atoms with Gasteiger partial charge in [-0.2, -0.15) is 0 Å². The Bertz CT molecular complexity index is 1270. The van der Waals surface area contributed by atoms with Crippen LogP contribution < -0.4 is 4.74 Å². The maximum atomic E-state index is 14.5. The molecule has 0 spiro atoms. The number of aromatic nitrogens is 1. The molecular weight excluding hydrogens is 516 g/mol. The molecule has 3 aromatic rings. The van der Waals surface area contributed by atoms with Crippen LogP contribution in [0.1, 0.15) is 66.7 Å². The number of carboxylic acid groups (broad SMARTS) is 1. The number of hydrogen-bond acceptors (Lipinski definition) is 7. The highest BCUT2D eigenvalue weighted by Crippen LogP contribution is 2.50. The summed E-state index contributed by atoms with van der Waals surface area (Å²) < 4.78 is 17.3. The van der Waals surface area contributed by atoms with Gasteiger partial charge in [0.05, 0.1) is 19.8 Å². The lowest BCUT2D eigenvalue weighted by molar-refractivity contribution is -0.0969. The van der Waals surface area contributed by atoms with Gasteiger partial charge in [0.15, 0.2) is 5.72 Å². The summed E-state index contributed by atoms with van der Waals surface area (Å²) in [5.74, 6) is 0.000944. The first-order valence-electron chi connectivity index (χ1n) is 13.0. The van der Waals surface area contributed by atoms with Gasteiger partial charge in [-0.3, -0.25) is 9.69 Å². The monoisotopic (exact) mass is 552 g/mol. The number of hydrogen-bond donors (Lipinski definition) is 1. The average molecular weight is 553 g/mol. The standard InChI is InChI=1S/C30H36N2O6S/c1-6-37-19-22-18-30(38-28(34)35,17-20-10-8-7-9-11-20)32(25(22)26-31-14-15-39-26)27(33)21-12-13-23(29(2,3)4)24(16-21)36-5/h7-16,22,25H,6,17-19H2,1-5H3,(H,34,35)/t22-,25-,30+/m1/s1. The first-order valence-corrected chi connectivity index (χ1v) is 13.9. The third kappa shape index (κ3) is 6.09. The van der Waals surface area contributed by atoms with Crippen molar-refractivity contribution in [2.24, 2.45) is 5.92 Å². The highest BCUT2D eigenvalue weighted by molar-refractivity contribution is 7.09. The fraction of sp³-hybridized carbons (Fsp3) is 0.433. The maximum Gasteiger partial charge on any atom is 0.507 e. The molecule has 0 bridgehead atoms. The smallest absolute Gasteiger partial charge is 0.496 e. The van der Waals surface area contributed by atoms with Crippen LogP contribution in [-0.2, 0) is 21.3 Å². The SMILES string of the molecule is CCOC[C@H]1C[C@](Cc2ccccc2)(OC(=O)O)N(C(=O)c2ccc(C(C)(C)C)c(OC)c2)[C@H]1c1nccs1. The lowest BCUT2D eigenvalue weighted by Crippen LogP contribution is -2.52. The number of thiazole rings is 1. The van der Waals surface area contributed by atoms with Crippen LogP contribution in [0.25, 0.3) is 0 Å². The fourth-order valence-corrected chi connectivity index (χ4v) is 6.27. The van der Waals surface area contributed by atoms with E-state index in [0.717, 1.165) is 11.1 Å². The van der Waals surface area contributed by atoms with E-state index >= 15 is 0 Å². The predicted molar refractivity (Wildman–Crippen MR) is 149 cm³/mol. The molecule has 208 valence electrons. The van der Waals surface area contributed by atoms with Crippen molar-refractivity contribution in [1.82, 2.24) is 9.88 Å². The van der Waals surface area contributed by atoms with Gasteiger partial charge in [0.1, 0.15) is 10.8 Å². The van der Waals surface area contributed by atoms with Crippen LogP contribution in [-0.4, -0.2) is 53.1 Å². The number of amides is 1. The van der Waals surface area contributed by atoms with Crippen molar-refractivity contribution in [3.05, 3.63) is 81.8 Å². The summed E-state index contributed by atoms with van der Waals surface area (Å²) in [6, 6.07) is 14.3. The van der Waals surface area contributed by atoms with Crippen molar-refractivity contribution in [2.45, 2.75) is 57.7 Å². The molecular formula is C30H36N2O6S. The number of methoxy groups -OCH3 is 1. The Morgan fingerprint density at radius 3 is 2.51 bits per heavy atom. The van der Waals surface area contributed by atoms with Gasteiger partial charge >= 0.3 is 6.16 Å². The molecule has 4 rings (SSSR count). The number of carbonyl (C=O) groups excluding carboxylic acids is 1. The zero-order chi connectivity index (χ0) is 28.2. The minimum Gasteiger partial charge on any atom is -0.496 e. The third-order valence-electron chi connectivity index (χ3n) is 7.06. The summed E-state index contributed by atoms with van der Waals surface area (Å²) in [5, 5.41) is 12.5. The molecule has 9 heteroatoms. The third-order valence-corrected chi connectivity index (χ3v) is 7.91. The number of rotatable bonds is 9. The quantitative estimate of drug-likeness (QED) is 0.310. The number of nitrogens with zero attached hydrogens (tertiary/aromatic N) is 2. The van der Waals surface area contributed by atoms with E-state index in [1.54, 1.807) is 30.3 Å². The summed E-state index contributed by atoms with van der Waals surface area (Å²) in [7, 11) is 1.58. The van der Waals surface area contributed by atoms with Crippen molar-refractivity contribution in [2.75, 3.05) is 20.3 Å². The molecule has 1 fully saturated rings. The molecule has 1 N–H and O–H groups in total. The van der Waals surface area contributed by atoms with E-state index in [1.165, 1.54) is 11.3 Å². The van der Waals surface area contributed by atoms with Crippen molar-refractivity contribution in [3.63, 3.8) is 0 Å². The van der Waals surface area contributed by atoms with Gasteiger partial charge in [0.2, 0.25) is 0 Å². The highest BCUT2D eigenvalue weighted by Gasteiger charge is 2.58. The number of carbonyl (C=O) groups is 2. The van der Waals surface area contributed by atoms with Gasteiger partial charge in [-0.15, -0.1) is 11.3 Å². The number of benzene rings is 2. The second kappa shape index (κ2) is 11.8. The molecule has 0 unspecified atom stereocenters. The Kier molecular flexibility index (Phi) is 8.61. The van der Waals surface area contributed by atoms with Crippen LogP contribution in [0, 0.1) is 5.92 Å². The molecule has 1 aliphatic heterocycles. The summed E-state index contributed by atoms with van der Waals surface area (Å²) in [6.45, 7) is 8.96. The Hall–Kier alpha value is -3.43. The molecule has 2 heterocycles. The van der Waals surface area contributed by atoms with Crippen LogP contribution >= 0.6 is 11.3 Å². The molecule has 8 nitrogen and oxygen atoms in total. The van der Waals surface area contributed by atoms with Crippen LogP contribution in [0.4, 0.5) is 4.79 Å². The topological polar surface area (TPSA) is 98.2 Å². The van der Waals surface area contributed by atoms with E-state index in [9.17, 15) is 14.7 Å². The summed E-state index contributed by atoms with van der Waals surface area (Å²) in [4.78, 5) is 32.9. The molecule has 1 saturated heterocycles. The van der Waals surface area contributed by atoms with Gasteiger partial charge in [0, 0.05) is 42.5 Å². The molecule has 0 aliphatic carbocycles. The lowest BCUT2D eigenvalue weighted by Gasteiger charge is -2.39. The van der Waals surface area contributed by atoms with E-state index in [0.29, 0.717) is 29.5 Å². The Labute approximate surface area is 233 Å². The summed E-state index contributed by atoms with van der Waals surface area (Å²) in [6.07, 6.45) is 0.700. The van der Waals surface area contributed by atoms with E-state index in [2.05, 4.69) is 25.8 Å². The molecule has 0 saturated carbocycles. The maximum absolute atomic E-state index is 14.5. The van der Waals surface area contributed by atoms with Crippen LogP contribution in [0.5, 0.6) is 5.75 Å². The highest BCUT2D eigenvalue weighted by atomic mass is 32.1. The number of ether oxygens (including phenoxy) is 3. The normalized spacial score (nSPS) is 21.1. The van der Waals surface area contributed by atoms with Crippen molar-refractivity contribution >= 4 is 23.4 Å². The minimum atomic E-state index is -1.47. The predicted octanol–water partition coefficient (Wildman–Crippen LogP) is 6.32. The second-order valence-electron chi connectivity index (χ2n) is 10.8. The molecule has 1 amide bonds. The minimum absolute atomic E-state index is 0.188. The first kappa shape index (κ1) is 28.6. The van der Waals surface area contributed by atoms with E-state index in [1.807, 2.05) is 48.7 Å². The zero-order valence-electron chi connectivity index (χ0n) is 23.0. The van der Waals surface area contributed by atoms with E-state index < -0.39 is 17.9 Å². The summed E-state index contributed by atoms with van der Waals surface area (Å²) >= 11 is 1.42. The number of likely N-dealkylation sites (tertiary alicyclic amines) is 1. The second-order valence-corrected chi connectivity index (χ2v) is 11.7. The van der Waals surface area contributed by atoms with Crippen molar-refractivity contribution in [1.29, 1.82) is 0 Å². The Morgan fingerprint density at radius 2 is 1.92 bits per heavy atom. The van der Waals surface area contributed by atoms with E-state index in [4.69, 9.17) is 14.2 Å². The molecule has 3 atom stereocenters. The molecule has 1 aliphatic rings. The largest absolute Gasteiger partial charge is 0.507 e. The molecule has 1 aromatic heterocycles. The van der Waals surface area contributed by atoms with Gasteiger partial charge < -0.3 is 19.3 Å². The van der Waals surface area contributed by atoms with Crippen molar-refractivity contribution in [3.8, 4) is 5.75 Å². The summed E-state index contributed by atoms with van der Waals surface area (Å²) in [5.41, 5.74) is 0.525. The molecule has 0 radical (unpaired) electrons. The van der Waals surface area contributed by atoms with Crippen LogP contribution in [0.15, 0.2) is 60.1 Å². The fourth-order valence-electron chi connectivity index (χ4n) is 5.45. The zero-order valence-corrected chi connectivity index (χ0v) is 23.9. The Balaban J connectivity index is 1.89. The van der Waals surface area contributed by atoms with Crippen LogP contribution in [0.2, 0.25) is 0 Å². The van der Waals surface area contributed by atoms with Gasteiger partial charge in [-0.1, -0.05) is 57.2 Å². The molecule has 2 aromatic carbocycles. The van der Waals surface area contributed by atoms with E-state index in [-0.39, 0.29) is 30.1 Å². The van der Waals surface area contributed by atoms with Crippen molar-refractivity contribution < 1.29 is 28.9 Å². The van der Waals surface area contributed by atoms with Gasteiger partial charge in [-0.25, -0.2) is 9.78 Å². The molecule has 39 heavy (non-hydrogen) atoms. The van der Waals surface area contributed by atoms with Crippen LogP contribution in [0.3, 0.4) is 0 Å². The lowest BCUT2D eigenvalue weighted by atomic mass is 9.85. The first-order chi connectivity index (χ1) is 18.6. The average Bonchev–Trinajstić information content (AvgIpc) is 3.52. The van der Waals surface area contributed by atoms with Gasteiger partial charge in [-0.05, 0) is 35.6 Å².